The third-order valence-corrected chi connectivity index (χ3v) is 1.89. The Kier molecular flexibility index (Phi) is 4.71. The van der Waals surface area contributed by atoms with Crippen molar-refractivity contribution in [3.05, 3.63) is 30.2 Å². The van der Waals surface area contributed by atoms with Crippen molar-refractivity contribution in [2.75, 3.05) is 6.61 Å². The van der Waals surface area contributed by atoms with Gasteiger partial charge in [0.2, 0.25) is 0 Å². The molecular weight excluding hydrogens is 204 g/mol. The molecule has 0 spiro atoms. The van der Waals surface area contributed by atoms with Gasteiger partial charge in [-0.05, 0) is 20.8 Å². The van der Waals surface area contributed by atoms with Gasteiger partial charge >= 0.3 is 0 Å². The van der Waals surface area contributed by atoms with E-state index < -0.39 is 0 Å². The van der Waals surface area contributed by atoms with Crippen LogP contribution in [0.2, 0.25) is 0 Å². The highest BCUT2D eigenvalue weighted by molar-refractivity contribution is 5.04. The van der Waals surface area contributed by atoms with Crippen molar-refractivity contribution in [3.8, 4) is 0 Å². The van der Waals surface area contributed by atoms with Crippen molar-refractivity contribution in [1.29, 1.82) is 0 Å². The van der Waals surface area contributed by atoms with Gasteiger partial charge in [0.05, 0.1) is 12.3 Å². The lowest BCUT2D eigenvalue weighted by atomic mass is 10.1. The molecule has 0 fully saturated rings. The molecule has 0 bridgehead atoms. The second-order valence-electron chi connectivity index (χ2n) is 4.69. The lowest BCUT2D eigenvalue weighted by Crippen LogP contribution is -2.35. The Hall–Kier alpha value is -1.13. The van der Waals surface area contributed by atoms with Crippen LogP contribution < -0.4 is 5.32 Å². The minimum absolute atomic E-state index is 0.0818. The molecule has 0 aliphatic rings. The van der Waals surface area contributed by atoms with Crippen LogP contribution in [0.4, 0.5) is 0 Å². The summed E-state index contributed by atoms with van der Waals surface area (Å²) < 4.78 is 10.4. The number of rotatable bonds is 6. The van der Waals surface area contributed by atoms with Crippen molar-refractivity contribution in [1.82, 2.24) is 10.5 Å². The minimum atomic E-state index is 0.0818. The van der Waals surface area contributed by atoms with Gasteiger partial charge < -0.3 is 14.6 Å². The Balaban J connectivity index is 2.36. The summed E-state index contributed by atoms with van der Waals surface area (Å²) >= 11 is 0. The molecule has 0 unspecified atom stereocenters. The minimum Gasteiger partial charge on any atom is -0.369 e. The molecule has 0 aliphatic heterocycles. The van der Waals surface area contributed by atoms with E-state index in [1.165, 1.54) is 0 Å². The molecule has 1 aromatic heterocycles. The SMILES string of the molecule is C=CCOCc1cc(CNC(C)(C)C)no1. The quantitative estimate of drug-likeness (QED) is 0.595. The van der Waals surface area contributed by atoms with Crippen molar-refractivity contribution < 1.29 is 9.26 Å². The van der Waals surface area contributed by atoms with Crippen LogP contribution in [-0.4, -0.2) is 17.3 Å². The zero-order valence-corrected chi connectivity index (χ0v) is 10.2. The predicted molar refractivity (Wildman–Crippen MR) is 62.9 cm³/mol. The summed E-state index contributed by atoms with van der Waals surface area (Å²) in [6.45, 7) is 11.6. The first-order valence-corrected chi connectivity index (χ1v) is 5.39. The summed E-state index contributed by atoms with van der Waals surface area (Å²) in [6.07, 6.45) is 1.71. The second-order valence-corrected chi connectivity index (χ2v) is 4.69. The third kappa shape index (κ3) is 5.09. The molecule has 1 heterocycles. The molecule has 1 rings (SSSR count). The van der Waals surface area contributed by atoms with Gasteiger partial charge in [-0.3, -0.25) is 0 Å². The first-order chi connectivity index (χ1) is 7.51. The molecule has 0 aliphatic carbocycles. The highest BCUT2D eigenvalue weighted by atomic mass is 16.5. The second kappa shape index (κ2) is 5.82. The van der Waals surface area contributed by atoms with E-state index in [-0.39, 0.29) is 5.54 Å². The van der Waals surface area contributed by atoms with Gasteiger partial charge in [-0.25, -0.2) is 0 Å². The molecule has 4 nitrogen and oxygen atoms in total. The van der Waals surface area contributed by atoms with Gasteiger partial charge in [-0.2, -0.15) is 0 Å². The topological polar surface area (TPSA) is 47.3 Å². The Morgan fingerprint density at radius 3 is 2.94 bits per heavy atom. The largest absolute Gasteiger partial charge is 0.369 e. The zero-order chi connectivity index (χ0) is 12.0. The number of nitrogens with zero attached hydrogens (tertiary/aromatic N) is 1. The van der Waals surface area contributed by atoms with Crippen molar-refractivity contribution in [2.45, 2.75) is 39.5 Å². The van der Waals surface area contributed by atoms with Crippen LogP contribution in [0, 0.1) is 0 Å². The maximum absolute atomic E-state index is 5.26. The monoisotopic (exact) mass is 224 g/mol. The van der Waals surface area contributed by atoms with Crippen molar-refractivity contribution in [2.24, 2.45) is 0 Å². The average Bonchev–Trinajstić information content (AvgIpc) is 2.62. The van der Waals surface area contributed by atoms with E-state index in [4.69, 9.17) is 9.26 Å². The maximum atomic E-state index is 5.26. The fourth-order valence-corrected chi connectivity index (χ4v) is 1.11. The van der Waals surface area contributed by atoms with E-state index in [0.717, 1.165) is 11.5 Å². The van der Waals surface area contributed by atoms with Crippen LogP contribution >= 0.6 is 0 Å². The molecule has 0 saturated heterocycles. The number of hydrogen-bond acceptors (Lipinski definition) is 4. The summed E-state index contributed by atoms with van der Waals surface area (Å²) in [7, 11) is 0. The van der Waals surface area contributed by atoms with Crippen LogP contribution in [0.3, 0.4) is 0 Å². The van der Waals surface area contributed by atoms with Gasteiger partial charge in [-0.15, -0.1) is 6.58 Å². The Bertz CT molecular complexity index is 326. The zero-order valence-electron chi connectivity index (χ0n) is 10.2. The highest BCUT2D eigenvalue weighted by Crippen LogP contribution is 2.07. The Morgan fingerprint density at radius 1 is 1.56 bits per heavy atom. The van der Waals surface area contributed by atoms with Crippen LogP contribution in [0.15, 0.2) is 23.2 Å². The van der Waals surface area contributed by atoms with E-state index in [2.05, 4.69) is 37.8 Å². The molecule has 16 heavy (non-hydrogen) atoms. The molecule has 0 saturated carbocycles. The van der Waals surface area contributed by atoms with E-state index in [1.54, 1.807) is 6.08 Å². The van der Waals surface area contributed by atoms with E-state index in [0.29, 0.717) is 19.8 Å². The number of ether oxygens (including phenoxy) is 1. The molecule has 0 amide bonds. The van der Waals surface area contributed by atoms with E-state index in [9.17, 15) is 0 Å². The van der Waals surface area contributed by atoms with Gasteiger partial charge in [0.1, 0.15) is 6.61 Å². The molecule has 0 atom stereocenters. The van der Waals surface area contributed by atoms with Gasteiger partial charge in [0, 0.05) is 18.2 Å². The lowest BCUT2D eigenvalue weighted by molar-refractivity contribution is 0.125. The molecular formula is C12H20N2O2. The van der Waals surface area contributed by atoms with Gasteiger partial charge in [0.15, 0.2) is 5.76 Å². The number of hydrogen-bond donors (Lipinski definition) is 1. The van der Waals surface area contributed by atoms with Crippen LogP contribution in [-0.2, 0) is 17.9 Å². The molecule has 90 valence electrons. The normalized spacial score (nSPS) is 11.7. The fourth-order valence-electron chi connectivity index (χ4n) is 1.11. The van der Waals surface area contributed by atoms with E-state index >= 15 is 0 Å². The molecule has 0 radical (unpaired) electrons. The third-order valence-electron chi connectivity index (χ3n) is 1.89. The fraction of sp³-hybridized carbons (Fsp3) is 0.583. The maximum Gasteiger partial charge on any atom is 0.162 e. The summed E-state index contributed by atoms with van der Waals surface area (Å²) in [6, 6.07) is 1.90. The Labute approximate surface area is 96.7 Å². The van der Waals surface area contributed by atoms with Crippen LogP contribution in [0.25, 0.3) is 0 Å². The number of aromatic nitrogens is 1. The van der Waals surface area contributed by atoms with E-state index in [1.807, 2.05) is 6.07 Å². The molecule has 4 heteroatoms. The smallest absolute Gasteiger partial charge is 0.162 e. The predicted octanol–water partition coefficient (Wildman–Crippen LogP) is 2.27. The number of nitrogens with one attached hydrogen (secondary N) is 1. The lowest BCUT2D eigenvalue weighted by Gasteiger charge is -2.19. The van der Waals surface area contributed by atoms with Gasteiger partial charge in [-0.1, -0.05) is 11.2 Å². The summed E-state index contributed by atoms with van der Waals surface area (Å²) in [5, 5.41) is 7.29. The first kappa shape index (κ1) is 12.9. The molecule has 0 aromatic carbocycles. The molecule has 1 aromatic rings. The molecule has 1 N–H and O–H groups in total. The summed E-state index contributed by atoms with van der Waals surface area (Å²) in [4.78, 5) is 0. The van der Waals surface area contributed by atoms with Crippen LogP contribution in [0.5, 0.6) is 0 Å². The first-order valence-electron chi connectivity index (χ1n) is 5.39. The van der Waals surface area contributed by atoms with Crippen LogP contribution in [0.1, 0.15) is 32.2 Å². The van der Waals surface area contributed by atoms with Gasteiger partial charge in [0.25, 0.3) is 0 Å². The van der Waals surface area contributed by atoms with Crippen molar-refractivity contribution >= 4 is 0 Å². The van der Waals surface area contributed by atoms with Crippen molar-refractivity contribution in [3.63, 3.8) is 0 Å². The summed E-state index contributed by atoms with van der Waals surface area (Å²) in [5.41, 5.74) is 0.977. The highest BCUT2D eigenvalue weighted by Gasteiger charge is 2.10. The Morgan fingerprint density at radius 2 is 2.31 bits per heavy atom. The standard InChI is InChI=1S/C12H20N2O2/c1-5-6-15-9-11-7-10(14-16-11)8-13-12(2,3)4/h5,7,13H,1,6,8-9H2,2-4H3. The average molecular weight is 224 g/mol. The summed E-state index contributed by atoms with van der Waals surface area (Å²) in [5.74, 6) is 0.743.